The maximum Gasteiger partial charge on any atom is 0.0640 e. The summed E-state index contributed by atoms with van der Waals surface area (Å²) in [5.41, 5.74) is 5.39. The minimum absolute atomic E-state index is 1.16. The first-order valence-electron chi connectivity index (χ1n) is 4.38. The molecule has 1 aromatic rings. The van der Waals surface area contributed by atoms with Gasteiger partial charge < -0.3 is 0 Å². The molecule has 0 aromatic carbocycles. The number of hydrogen-bond donors (Lipinski definition) is 0. The van der Waals surface area contributed by atoms with Crippen molar-refractivity contribution in [3.8, 4) is 0 Å². The molecule has 0 aliphatic heterocycles. The molecule has 0 fully saturated rings. The largest absolute Gasteiger partial charge is 0.268 e. The standard InChI is InChI=1S/C10H14N2/c1-7-4-5-9-8(2)11-12(3)10(9)6-7/h6H,4-5H2,1-3H3. The third kappa shape index (κ3) is 0.986. The van der Waals surface area contributed by atoms with Crippen molar-refractivity contribution in [2.45, 2.75) is 26.7 Å². The Balaban J connectivity index is 2.61. The lowest BCUT2D eigenvalue weighted by atomic mass is 9.97. The van der Waals surface area contributed by atoms with Crippen molar-refractivity contribution in [2.24, 2.45) is 7.05 Å². The van der Waals surface area contributed by atoms with Crippen LogP contribution in [0.5, 0.6) is 0 Å². The van der Waals surface area contributed by atoms with E-state index in [-0.39, 0.29) is 0 Å². The Kier molecular flexibility index (Phi) is 1.56. The third-order valence-corrected chi connectivity index (χ3v) is 2.55. The summed E-state index contributed by atoms with van der Waals surface area (Å²) in [6.45, 7) is 4.28. The number of aryl methyl sites for hydroxylation is 2. The topological polar surface area (TPSA) is 17.8 Å². The molecule has 0 spiro atoms. The number of rotatable bonds is 0. The van der Waals surface area contributed by atoms with Crippen molar-refractivity contribution in [3.63, 3.8) is 0 Å². The Bertz CT molecular complexity index is 345. The Morgan fingerprint density at radius 1 is 1.33 bits per heavy atom. The molecule has 1 aliphatic rings. The number of allylic oxidation sites excluding steroid dienone is 1. The molecule has 0 saturated carbocycles. The third-order valence-electron chi connectivity index (χ3n) is 2.55. The predicted molar refractivity (Wildman–Crippen MR) is 49.9 cm³/mol. The molecular formula is C10H14N2. The van der Waals surface area contributed by atoms with Gasteiger partial charge in [-0.15, -0.1) is 0 Å². The van der Waals surface area contributed by atoms with Gasteiger partial charge in [-0.2, -0.15) is 5.10 Å². The predicted octanol–water partition coefficient (Wildman–Crippen LogP) is 2.08. The van der Waals surface area contributed by atoms with Gasteiger partial charge in [0.2, 0.25) is 0 Å². The zero-order valence-corrected chi connectivity index (χ0v) is 7.89. The molecule has 2 rings (SSSR count). The summed E-state index contributed by atoms with van der Waals surface area (Å²) >= 11 is 0. The van der Waals surface area contributed by atoms with Crippen molar-refractivity contribution in [3.05, 3.63) is 22.5 Å². The lowest BCUT2D eigenvalue weighted by Gasteiger charge is -2.10. The fraction of sp³-hybridized carbons (Fsp3) is 0.500. The maximum atomic E-state index is 4.40. The molecule has 0 atom stereocenters. The molecule has 1 aromatic heterocycles. The second-order valence-electron chi connectivity index (χ2n) is 3.56. The van der Waals surface area contributed by atoms with Crippen molar-refractivity contribution in [1.29, 1.82) is 0 Å². The van der Waals surface area contributed by atoms with Crippen LogP contribution in [-0.4, -0.2) is 9.78 Å². The minimum atomic E-state index is 1.16. The fourth-order valence-corrected chi connectivity index (χ4v) is 1.84. The van der Waals surface area contributed by atoms with Crippen LogP contribution in [0.4, 0.5) is 0 Å². The highest BCUT2D eigenvalue weighted by Crippen LogP contribution is 2.25. The van der Waals surface area contributed by atoms with Gasteiger partial charge in [-0.05, 0) is 32.8 Å². The van der Waals surface area contributed by atoms with Crippen LogP contribution < -0.4 is 0 Å². The Morgan fingerprint density at radius 2 is 2.08 bits per heavy atom. The average Bonchev–Trinajstić information content (AvgIpc) is 2.28. The average molecular weight is 162 g/mol. The first-order chi connectivity index (χ1) is 5.68. The summed E-state index contributed by atoms with van der Waals surface area (Å²) in [5, 5.41) is 4.40. The number of fused-ring (bicyclic) bond motifs is 1. The van der Waals surface area contributed by atoms with Crippen LogP contribution in [-0.2, 0) is 13.5 Å². The summed E-state index contributed by atoms with van der Waals surface area (Å²) in [7, 11) is 2.01. The van der Waals surface area contributed by atoms with E-state index in [0.29, 0.717) is 0 Å². The van der Waals surface area contributed by atoms with Crippen LogP contribution in [0.15, 0.2) is 5.57 Å². The number of nitrogens with zero attached hydrogens (tertiary/aromatic N) is 2. The van der Waals surface area contributed by atoms with Gasteiger partial charge in [-0.25, -0.2) is 0 Å². The van der Waals surface area contributed by atoms with E-state index in [1.165, 1.54) is 28.9 Å². The summed E-state index contributed by atoms with van der Waals surface area (Å²) in [5.74, 6) is 0. The Hall–Kier alpha value is -1.05. The molecule has 0 N–H and O–H groups in total. The van der Waals surface area contributed by atoms with E-state index >= 15 is 0 Å². The zero-order chi connectivity index (χ0) is 8.72. The molecule has 1 aliphatic carbocycles. The van der Waals surface area contributed by atoms with Crippen LogP contribution >= 0.6 is 0 Å². The lowest BCUT2D eigenvalue weighted by Crippen LogP contribution is -2.00. The van der Waals surface area contributed by atoms with Crippen LogP contribution in [0.25, 0.3) is 6.08 Å². The van der Waals surface area contributed by atoms with Crippen molar-refractivity contribution in [2.75, 3.05) is 0 Å². The maximum absolute atomic E-state index is 4.40. The van der Waals surface area contributed by atoms with Gasteiger partial charge in [0.25, 0.3) is 0 Å². The molecular weight excluding hydrogens is 148 g/mol. The fourth-order valence-electron chi connectivity index (χ4n) is 1.84. The molecule has 0 saturated heterocycles. The highest BCUT2D eigenvalue weighted by Gasteiger charge is 2.14. The van der Waals surface area contributed by atoms with Gasteiger partial charge in [0, 0.05) is 12.6 Å². The molecule has 64 valence electrons. The van der Waals surface area contributed by atoms with E-state index in [9.17, 15) is 0 Å². The number of hydrogen-bond acceptors (Lipinski definition) is 1. The summed E-state index contributed by atoms with van der Waals surface area (Å²) in [4.78, 5) is 0. The van der Waals surface area contributed by atoms with E-state index in [1.54, 1.807) is 0 Å². The molecule has 0 radical (unpaired) electrons. The van der Waals surface area contributed by atoms with E-state index in [1.807, 2.05) is 11.7 Å². The van der Waals surface area contributed by atoms with Crippen LogP contribution in [0.1, 0.15) is 30.3 Å². The first kappa shape index (κ1) is 7.59. The van der Waals surface area contributed by atoms with Crippen molar-refractivity contribution >= 4 is 6.08 Å². The lowest BCUT2D eigenvalue weighted by molar-refractivity contribution is 0.746. The summed E-state index contributed by atoms with van der Waals surface area (Å²) in [6, 6.07) is 0. The summed E-state index contributed by atoms with van der Waals surface area (Å²) in [6.07, 6.45) is 4.61. The van der Waals surface area contributed by atoms with Crippen LogP contribution in [0.3, 0.4) is 0 Å². The second kappa shape index (κ2) is 2.47. The highest BCUT2D eigenvalue weighted by atomic mass is 15.3. The monoisotopic (exact) mass is 162 g/mol. The van der Waals surface area contributed by atoms with Crippen LogP contribution in [0, 0.1) is 6.92 Å². The van der Waals surface area contributed by atoms with Gasteiger partial charge in [0.15, 0.2) is 0 Å². The normalized spacial score (nSPS) is 15.8. The SMILES string of the molecule is CC1=Cc2c(c(C)nn2C)CC1. The van der Waals surface area contributed by atoms with Gasteiger partial charge in [0.1, 0.15) is 0 Å². The van der Waals surface area contributed by atoms with E-state index in [4.69, 9.17) is 0 Å². The molecule has 12 heavy (non-hydrogen) atoms. The Morgan fingerprint density at radius 3 is 2.83 bits per heavy atom. The second-order valence-corrected chi connectivity index (χ2v) is 3.56. The van der Waals surface area contributed by atoms with Crippen molar-refractivity contribution < 1.29 is 0 Å². The molecule has 2 nitrogen and oxygen atoms in total. The summed E-state index contributed by atoms with van der Waals surface area (Å²) < 4.78 is 1.98. The smallest absolute Gasteiger partial charge is 0.0640 e. The van der Waals surface area contributed by atoms with E-state index < -0.39 is 0 Å². The first-order valence-corrected chi connectivity index (χ1v) is 4.38. The van der Waals surface area contributed by atoms with Gasteiger partial charge in [-0.1, -0.05) is 5.57 Å². The molecule has 0 bridgehead atoms. The van der Waals surface area contributed by atoms with Gasteiger partial charge >= 0.3 is 0 Å². The molecule has 0 unspecified atom stereocenters. The van der Waals surface area contributed by atoms with E-state index in [0.717, 1.165) is 6.42 Å². The van der Waals surface area contributed by atoms with Crippen molar-refractivity contribution in [1.82, 2.24) is 9.78 Å². The van der Waals surface area contributed by atoms with Gasteiger partial charge in [-0.3, -0.25) is 4.68 Å². The zero-order valence-electron chi connectivity index (χ0n) is 7.89. The van der Waals surface area contributed by atoms with Crippen LogP contribution in [0.2, 0.25) is 0 Å². The van der Waals surface area contributed by atoms with Gasteiger partial charge in [0.05, 0.1) is 11.4 Å². The number of aromatic nitrogens is 2. The molecule has 1 heterocycles. The Labute approximate surface area is 72.9 Å². The quantitative estimate of drug-likeness (QED) is 0.571. The minimum Gasteiger partial charge on any atom is -0.268 e. The highest BCUT2D eigenvalue weighted by molar-refractivity contribution is 5.56. The van der Waals surface area contributed by atoms with E-state index in [2.05, 4.69) is 25.0 Å². The molecule has 2 heteroatoms. The molecule has 0 amide bonds.